The summed E-state index contributed by atoms with van der Waals surface area (Å²) in [5.41, 5.74) is 2.47. The van der Waals surface area contributed by atoms with E-state index in [2.05, 4.69) is 0 Å². The number of nitrogens with zero attached hydrogens (tertiary/aromatic N) is 1. The van der Waals surface area contributed by atoms with Gasteiger partial charge in [-0.3, -0.25) is 9.59 Å². The van der Waals surface area contributed by atoms with Crippen molar-refractivity contribution in [3.8, 4) is 17.2 Å². The summed E-state index contributed by atoms with van der Waals surface area (Å²) < 4.78 is 21.8. The van der Waals surface area contributed by atoms with E-state index >= 15 is 0 Å². The second kappa shape index (κ2) is 9.40. The number of benzene rings is 3. The molecular formula is C26H27NO6. The van der Waals surface area contributed by atoms with Gasteiger partial charge in [-0.15, -0.1) is 0 Å². The molecule has 0 radical (unpaired) electrons. The standard InChI is InChI=1S/C26H27NO6/c1-5-33-25(29)15-27-20-11-10-16-8-6-7-9-17(16)26(20)19(13-24(27)28)18-12-22(31-3)23(32-4)14-21(18)30-2/h6-12,14,19H,5,13,15H2,1-4H3. The topological polar surface area (TPSA) is 74.3 Å². The molecular weight excluding hydrogens is 422 g/mol. The van der Waals surface area contributed by atoms with Gasteiger partial charge in [0.1, 0.15) is 12.3 Å². The molecule has 172 valence electrons. The molecule has 1 amide bonds. The van der Waals surface area contributed by atoms with Crippen LogP contribution in [0.25, 0.3) is 10.8 Å². The van der Waals surface area contributed by atoms with Crippen molar-refractivity contribution in [2.45, 2.75) is 19.3 Å². The Kier molecular flexibility index (Phi) is 6.40. The molecule has 0 aromatic heterocycles. The molecule has 1 unspecified atom stereocenters. The van der Waals surface area contributed by atoms with E-state index in [-0.39, 0.29) is 31.4 Å². The van der Waals surface area contributed by atoms with Gasteiger partial charge in [-0.2, -0.15) is 0 Å². The Morgan fingerprint density at radius 1 is 0.970 bits per heavy atom. The van der Waals surface area contributed by atoms with Crippen LogP contribution in [-0.4, -0.2) is 46.4 Å². The molecule has 0 saturated heterocycles. The van der Waals surface area contributed by atoms with Crippen LogP contribution in [0.3, 0.4) is 0 Å². The molecule has 1 heterocycles. The summed E-state index contributed by atoms with van der Waals surface area (Å²) in [7, 11) is 4.73. The van der Waals surface area contributed by atoms with Gasteiger partial charge < -0.3 is 23.8 Å². The first-order chi connectivity index (χ1) is 16.0. The Balaban J connectivity index is 1.94. The lowest BCUT2D eigenvalue weighted by Gasteiger charge is -2.35. The zero-order chi connectivity index (χ0) is 23.5. The van der Waals surface area contributed by atoms with Crippen LogP contribution >= 0.6 is 0 Å². The fourth-order valence-electron chi connectivity index (χ4n) is 4.51. The Labute approximate surface area is 192 Å². The average molecular weight is 450 g/mol. The molecule has 0 bridgehead atoms. The molecule has 0 spiro atoms. The van der Waals surface area contributed by atoms with Crippen molar-refractivity contribution in [1.82, 2.24) is 0 Å². The van der Waals surface area contributed by atoms with Crippen LogP contribution in [0.4, 0.5) is 5.69 Å². The third-order valence-electron chi connectivity index (χ3n) is 5.97. The highest BCUT2D eigenvalue weighted by atomic mass is 16.5. The Bertz CT molecular complexity index is 1200. The van der Waals surface area contributed by atoms with E-state index in [1.165, 1.54) is 4.90 Å². The summed E-state index contributed by atoms with van der Waals surface area (Å²) in [5, 5.41) is 2.06. The van der Waals surface area contributed by atoms with Crippen molar-refractivity contribution in [3.05, 3.63) is 59.7 Å². The first kappa shape index (κ1) is 22.5. The largest absolute Gasteiger partial charge is 0.496 e. The maximum Gasteiger partial charge on any atom is 0.326 e. The predicted molar refractivity (Wildman–Crippen MR) is 125 cm³/mol. The molecule has 4 rings (SSSR count). The molecule has 7 heteroatoms. The molecule has 7 nitrogen and oxygen atoms in total. The van der Waals surface area contributed by atoms with Crippen LogP contribution in [0.15, 0.2) is 48.5 Å². The lowest BCUT2D eigenvalue weighted by molar-refractivity contribution is -0.142. The molecule has 3 aromatic rings. The van der Waals surface area contributed by atoms with Gasteiger partial charge in [-0.05, 0) is 35.4 Å². The summed E-state index contributed by atoms with van der Waals surface area (Å²) in [4.78, 5) is 27.1. The van der Waals surface area contributed by atoms with Gasteiger partial charge >= 0.3 is 5.97 Å². The summed E-state index contributed by atoms with van der Waals surface area (Å²) in [6.45, 7) is 1.88. The van der Waals surface area contributed by atoms with Gasteiger partial charge in [0.15, 0.2) is 11.5 Å². The van der Waals surface area contributed by atoms with Crippen molar-refractivity contribution >= 4 is 28.3 Å². The smallest absolute Gasteiger partial charge is 0.326 e. The van der Waals surface area contributed by atoms with E-state index < -0.39 is 5.97 Å². The third kappa shape index (κ3) is 4.06. The Hall–Kier alpha value is -3.74. The van der Waals surface area contributed by atoms with Crippen molar-refractivity contribution < 1.29 is 28.5 Å². The minimum Gasteiger partial charge on any atom is -0.496 e. The van der Waals surface area contributed by atoms with E-state index in [4.69, 9.17) is 18.9 Å². The summed E-state index contributed by atoms with van der Waals surface area (Å²) in [5.74, 6) is 0.800. The number of methoxy groups -OCH3 is 3. The van der Waals surface area contributed by atoms with Crippen molar-refractivity contribution in [2.75, 3.05) is 39.4 Å². The monoisotopic (exact) mass is 449 g/mol. The Morgan fingerprint density at radius 3 is 2.36 bits per heavy atom. The van der Waals surface area contributed by atoms with Gasteiger partial charge in [0, 0.05) is 29.7 Å². The number of hydrogen-bond acceptors (Lipinski definition) is 6. The highest BCUT2D eigenvalue weighted by Gasteiger charge is 2.36. The average Bonchev–Trinajstić information content (AvgIpc) is 2.84. The lowest BCUT2D eigenvalue weighted by atomic mass is 9.80. The van der Waals surface area contributed by atoms with Gasteiger partial charge in [0.25, 0.3) is 0 Å². The third-order valence-corrected chi connectivity index (χ3v) is 5.97. The van der Waals surface area contributed by atoms with Gasteiger partial charge in [-0.1, -0.05) is 30.3 Å². The second-order valence-electron chi connectivity index (χ2n) is 7.71. The van der Waals surface area contributed by atoms with Gasteiger partial charge in [0.2, 0.25) is 5.91 Å². The molecule has 1 aliphatic heterocycles. The Morgan fingerprint density at radius 2 is 1.67 bits per heavy atom. The number of anilines is 1. The van der Waals surface area contributed by atoms with E-state index in [9.17, 15) is 9.59 Å². The normalized spacial score (nSPS) is 15.2. The minimum atomic E-state index is -0.438. The van der Waals surface area contributed by atoms with Crippen LogP contribution in [0, 0.1) is 0 Å². The number of esters is 1. The summed E-state index contributed by atoms with van der Waals surface area (Å²) >= 11 is 0. The molecule has 0 fully saturated rings. The van der Waals surface area contributed by atoms with Crippen LogP contribution in [0.1, 0.15) is 30.4 Å². The van der Waals surface area contributed by atoms with Crippen molar-refractivity contribution in [1.29, 1.82) is 0 Å². The first-order valence-electron chi connectivity index (χ1n) is 10.8. The van der Waals surface area contributed by atoms with E-state index in [1.54, 1.807) is 34.3 Å². The summed E-state index contributed by atoms with van der Waals surface area (Å²) in [6.07, 6.45) is 0.173. The molecule has 0 N–H and O–H groups in total. The lowest BCUT2D eigenvalue weighted by Crippen LogP contribution is -2.41. The molecule has 0 saturated carbocycles. The molecule has 1 aliphatic rings. The number of amides is 1. The fraction of sp³-hybridized carbons (Fsp3) is 0.308. The number of rotatable bonds is 7. The van der Waals surface area contributed by atoms with Crippen LogP contribution in [0.5, 0.6) is 17.2 Å². The quantitative estimate of drug-likeness (QED) is 0.501. The highest BCUT2D eigenvalue weighted by Crippen LogP contribution is 2.48. The molecule has 33 heavy (non-hydrogen) atoms. The maximum absolute atomic E-state index is 13.3. The fourth-order valence-corrected chi connectivity index (χ4v) is 4.51. The zero-order valence-electron chi connectivity index (χ0n) is 19.2. The van der Waals surface area contributed by atoms with Gasteiger partial charge in [0.05, 0.1) is 27.9 Å². The second-order valence-corrected chi connectivity index (χ2v) is 7.71. The number of carbonyl (C=O) groups is 2. The van der Waals surface area contributed by atoms with Crippen molar-refractivity contribution in [2.24, 2.45) is 0 Å². The molecule has 0 aliphatic carbocycles. The van der Waals surface area contributed by atoms with Crippen molar-refractivity contribution in [3.63, 3.8) is 0 Å². The summed E-state index contributed by atoms with van der Waals surface area (Å²) in [6, 6.07) is 15.5. The highest BCUT2D eigenvalue weighted by molar-refractivity contribution is 6.05. The van der Waals surface area contributed by atoms with Crippen LogP contribution < -0.4 is 19.1 Å². The number of carbonyl (C=O) groups excluding carboxylic acids is 2. The SMILES string of the molecule is CCOC(=O)CN1C(=O)CC(c2cc(OC)c(OC)cc2OC)c2c1ccc1ccccc21. The van der Waals surface area contributed by atoms with Crippen LogP contribution in [-0.2, 0) is 14.3 Å². The van der Waals surface area contributed by atoms with E-state index in [0.29, 0.717) is 22.9 Å². The first-order valence-corrected chi connectivity index (χ1v) is 10.8. The van der Waals surface area contributed by atoms with E-state index in [0.717, 1.165) is 21.9 Å². The zero-order valence-corrected chi connectivity index (χ0v) is 19.2. The molecule has 3 aromatic carbocycles. The predicted octanol–water partition coefficient (Wildman–Crippen LogP) is 4.30. The van der Waals surface area contributed by atoms with Gasteiger partial charge in [-0.25, -0.2) is 0 Å². The number of fused-ring (bicyclic) bond motifs is 3. The minimum absolute atomic E-state index is 0.131. The van der Waals surface area contributed by atoms with Crippen LogP contribution in [0.2, 0.25) is 0 Å². The van der Waals surface area contributed by atoms with E-state index in [1.807, 2.05) is 42.5 Å². The maximum atomic E-state index is 13.3. The number of hydrogen-bond donors (Lipinski definition) is 0. The number of ether oxygens (including phenoxy) is 4. The molecule has 1 atom stereocenters.